The van der Waals surface area contributed by atoms with Crippen LogP contribution in [0.5, 0.6) is 0 Å². The highest BCUT2D eigenvalue weighted by Crippen LogP contribution is 2.50. The van der Waals surface area contributed by atoms with Crippen LogP contribution in [0.3, 0.4) is 0 Å². The third-order valence-corrected chi connectivity index (χ3v) is 22.0. The van der Waals surface area contributed by atoms with E-state index in [2.05, 4.69) is 360 Å². The van der Waals surface area contributed by atoms with Crippen LogP contribution in [0, 0.1) is 13.8 Å². The molecule has 0 unspecified atom stereocenters. The summed E-state index contributed by atoms with van der Waals surface area (Å²) in [7, 11) is 2.25. The van der Waals surface area contributed by atoms with Crippen molar-refractivity contribution in [2.45, 2.75) is 13.8 Å². The Morgan fingerprint density at radius 1 is 0.255 bits per heavy atom. The quantitative estimate of drug-likeness (QED) is 0.141. The monoisotopic (exact) mass is 1250 g/mol. The van der Waals surface area contributed by atoms with E-state index in [1.54, 1.807) is 0 Å². The fourth-order valence-electron chi connectivity index (χ4n) is 17.7. The number of para-hydroxylation sites is 5. The maximum absolute atomic E-state index is 2.63. The summed E-state index contributed by atoms with van der Waals surface area (Å²) in [6, 6.07) is 119. The molecular formula is C91H61B2N5. The molecular weight excluding hydrogens is 1180 g/mol. The van der Waals surface area contributed by atoms with Crippen molar-refractivity contribution in [2.24, 2.45) is 0 Å². The summed E-state index contributed by atoms with van der Waals surface area (Å²) in [5.41, 5.74) is 39.4. The maximum atomic E-state index is 2.63. The minimum Gasteiger partial charge on any atom is -0.345 e. The number of benzene rings is 14. The van der Waals surface area contributed by atoms with Gasteiger partial charge in [-0.15, -0.1) is 0 Å². The van der Waals surface area contributed by atoms with Crippen LogP contribution >= 0.6 is 0 Å². The van der Waals surface area contributed by atoms with Gasteiger partial charge >= 0.3 is 0 Å². The topological polar surface area (TPSA) is 21.3 Å². The molecule has 0 saturated carbocycles. The third kappa shape index (κ3) is 7.75. The van der Waals surface area contributed by atoms with Crippen molar-refractivity contribution in [1.82, 2.24) is 13.7 Å². The third-order valence-electron chi connectivity index (χ3n) is 22.0. The largest absolute Gasteiger partial charge is 0.345 e. The van der Waals surface area contributed by atoms with E-state index in [-0.39, 0.29) is 13.4 Å². The second-order valence-electron chi connectivity index (χ2n) is 27.3. The molecule has 0 bridgehead atoms. The molecule has 21 rings (SSSR count). The average Bonchev–Trinajstić information content (AvgIpc) is 1.55. The van der Waals surface area contributed by atoms with Gasteiger partial charge in [-0.1, -0.05) is 260 Å². The highest BCUT2D eigenvalue weighted by atomic mass is 15.2. The summed E-state index contributed by atoms with van der Waals surface area (Å²) in [4.78, 5) is 4.98. The molecule has 17 aromatic rings. The maximum Gasteiger partial charge on any atom is 0.252 e. The average molecular weight is 1250 g/mol. The van der Waals surface area contributed by atoms with Gasteiger partial charge in [0.25, 0.3) is 13.4 Å². The van der Waals surface area contributed by atoms with Gasteiger partial charge in [-0.3, -0.25) is 0 Å². The van der Waals surface area contributed by atoms with E-state index in [0.717, 1.165) is 16.9 Å². The van der Waals surface area contributed by atoms with Gasteiger partial charge in [0.1, 0.15) is 0 Å². The first-order chi connectivity index (χ1) is 48.4. The zero-order chi connectivity index (χ0) is 64.6. The van der Waals surface area contributed by atoms with E-state index < -0.39 is 0 Å². The first-order valence-corrected chi connectivity index (χ1v) is 34.3. The molecule has 0 amide bonds. The van der Waals surface area contributed by atoms with Gasteiger partial charge in [0.15, 0.2) is 0 Å². The number of nitrogens with zero attached hydrogens (tertiary/aromatic N) is 5. The molecule has 98 heavy (non-hydrogen) atoms. The molecule has 0 spiro atoms. The molecule has 14 aromatic carbocycles. The molecule has 7 heteroatoms. The van der Waals surface area contributed by atoms with Crippen molar-refractivity contribution in [3.05, 3.63) is 327 Å². The van der Waals surface area contributed by atoms with E-state index >= 15 is 0 Å². The minimum atomic E-state index is 0.000126. The SMILES string of the molecule is Cc1ccc(-c2c(-c3ccc(C)cc3)n3c4c(cccc24)B2c4ccccc4N(c4ccc(-c5ccc(-c6c(-c7ccccc7)n7c8c(cccc68)B6c8ccc(-n9c%10ccccc%10c%10ccccc%109)cc8N(C)c8cccc-7c86)cc5)cc4)c4cc(-c5ccccc5)cc-3c42)cc1. The Bertz CT molecular complexity index is 6150. The molecule has 4 aliphatic heterocycles. The van der Waals surface area contributed by atoms with E-state index in [1.807, 2.05) is 0 Å². The van der Waals surface area contributed by atoms with Crippen molar-refractivity contribution in [1.29, 1.82) is 0 Å². The number of fused-ring (bicyclic) bond motifs is 11. The number of anilines is 5. The van der Waals surface area contributed by atoms with Crippen LogP contribution in [-0.4, -0.2) is 34.2 Å². The van der Waals surface area contributed by atoms with E-state index in [4.69, 9.17) is 0 Å². The highest BCUT2D eigenvalue weighted by molar-refractivity contribution is 7.01. The Balaban J connectivity index is 0.697. The molecule has 5 nitrogen and oxygen atoms in total. The summed E-state index contributed by atoms with van der Waals surface area (Å²) < 4.78 is 7.67. The lowest BCUT2D eigenvalue weighted by molar-refractivity contribution is 1.12. The molecule has 0 fully saturated rings. The molecule has 0 radical (unpaired) electrons. The molecule has 4 aliphatic rings. The van der Waals surface area contributed by atoms with Crippen LogP contribution in [0.2, 0.25) is 0 Å². The van der Waals surface area contributed by atoms with Crippen LogP contribution in [-0.2, 0) is 0 Å². The van der Waals surface area contributed by atoms with Crippen molar-refractivity contribution in [3.8, 4) is 84.1 Å². The summed E-state index contributed by atoms with van der Waals surface area (Å²) in [6.07, 6.45) is 0. The predicted octanol–water partition coefficient (Wildman–Crippen LogP) is 18.8. The van der Waals surface area contributed by atoms with Crippen molar-refractivity contribution >= 4 is 118 Å². The highest BCUT2D eigenvalue weighted by Gasteiger charge is 2.45. The van der Waals surface area contributed by atoms with Gasteiger partial charge in [-0.2, -0.15) is 0 Å². The Labute approximate surface area is 569 Å². The normalized spacial score (nSPS) is 13.0. The minimum absolute atomic E-state index is 0.000126. The van der Waals surface area contributed by atoms with Crippen molar-refractivity contribution < 1.29 is 0 Å². The van der Waals surface area contributed by atoms with Crippen LogP contribution in [0.1, 0.15) is 11.1 Å². The van der Waals surface area contributed by atoms with Crippen LogP contribution in [0.15, 0.2) is 315 Å². The van der Waals surface area contributed by atoms with Crippen molar-refractivity contribution in [3.63, 3.8) is 0 Å². The molecule has 0 aliphatic carbocycles. The van der Waals surface area contributed by atoms with Gasteiger partial charge in [0.2, 0.25) is 0 Å². The fourth-order valence-corrected chi connectivity index (χ4v) is 17.7. The zero-order valence-corrected chi connectivity index (χ0v) is 54.4. The van der Waals surface area contributed by atoms with Gasteiger partial charge < -0.3 is 23.5 Å². The predicted molar refractivity (Wildman–Crippen MR) is 415 cm³/mol. The molecule has 0 N–H and O–H groups in total. The van der Waals surface area contributed by atoms with Crippen LogP contribution < -0.4 is 42.6 Å². The lowest BCUT2D eigenvalue weighted by Gasteiger charge is -2.41. The molecule has 7 heterocycles. The number of rotatable bonds is 8. The van der Waals surface area contributed by atoms with Crippen LogP contribution in [0.4, 0.5) is 28.4 Å². The first-order valence-electron chi connectivity index (χ1n) is 34.3. The van der Waals surface area contributed by atoms with E-state index in [9.17, 15) is 0 Å². The second-order valence-corrected chi connectivity index (χ2v) is 27.3. The van der Waals surface area contributed by atoms with Crippen molar-refractivity contribution in [2.75, 3.05) is 16.8 Å². The smallest absolute Gasteiger partial charge is 0.252 e. The lowest BCUT2D eigenvalue weighted by Crippen LogP contribution is -2.60. The van der Waals surface area contributed by atoms with Crippen LogP contribution in [0.25, 0.3) is 128 Å². The summed E-state index contributed by atoms with van der Waals surface area (Å²) in [6.45, 7) is 4.39. The van der Waals surface area contributed by atoms with Gasteiger partial charge in [0, 0.05) is 96.3 Å². The van der Waals surface area contributed by atoms with E-state index in [0.29, 0.717) is 0 Å². The molecule has 456 valence electrons. The first kappa shape index (κ1) is 55.0. The standard InChI is InChI=1S/C91H61B2N5/c1-56-35-39-61(40-36-56)84-71-26-17-29-75-91(71)98(89(84)64-41-37-57(2)38-42-64)83-54-65(58-19-6-4-7-20-58)53-82-87(83)92(75)72-27-12-15-32-78(72)95(82)66-49-47-60(48-50-66)59-43-45-62(46-44-59)85-70-25-16-28-74-90(70)97(88(85)63-21-8-5-9-22-63)80-34-18-33-79-86(80)93(74)73-52-51-67(55-81(73)94(79)3)96-76-30-13-10-23-68(76)69-24-11-14-31-77(69)96/h4-55H,1-3H3. The van der Waals surface area contributed by atoms with E-state index in [1.165, 1.54) is 183 Å². The number of aryl methyl sites for hydroxylation is 2. The summed E-state index contributed by atoms with van der Waals surface area (Å²) >= 11 is 0. The van der Waals surface area contributed by atoms with Gasteiger partial charge in [0.05, 0.1) is 22.4 Å². The van der Waals surface area contributed by atoms with Gasteiger partial charge in [-0.05, 0) is 158 Å². The molecule has 0 atom stereocenters. The summed E-state index contributed by atoms with van der Waals surface area (Å²) in [5.74, 6) is 0. The Morgan fingerprint density at radius 2 is 0.673 bits per heavy atom. The number of hydrogen-bond donors (Lipinski definition) is 0. The zero-order valence-electron chi connectivity index (χ0n) is 54.4. The molecule has 3 aromatic heterocycles. The lowest BCUT2D eigenvalue weighted by atomic mass is 9.33. The Kier molecular flexibility index (Phi) is 11.7. The number of hydrogen-bond acceptors (Lipinski definition) is 2. The molecule has 0 saturated heterocycles. The Hall–Kier alpha value is -12.3. The summed E-state index contributed by atoms with van der Waals surface area (Å²) in [5, 5.41) is 5.05. The second kappa shape index (κ2) is 20.8. The Morgan fingerprint density at radius 3 is 1.31 bits per heavy atom. The fraction of sp³-hybridized carbons (Fsp3) is 0.0330. The van der Waals surface area contributed by atoms with Gasteiger partial charge in [-0.25, -0.2) is 0 Å². The number of aromatic nitrogens is 3.